The minimum atomic E-state index is -0.788. The van der Waals surface area contributed by atoms with Crippen molar-refractivity contribution in [2.45, 2.75) is 51.2 Å². The number of primary amides is 1. The van der Waals surface area contributed by atoms with Gasteiger partial charge in [0.2, 0.25) is 5.91 Å². The molecule has 6 heteroatoms. The molecule has 28 heavy (non-hydrogen) atoms. The Balaban J connectivity index is 1.67. The summed E-state index contributed by atoms with van der Waals surface area (Å²) in [5.74, 6) is 2.14. The predicted octanol–water partition coefficient (Wildman–Crippen LogP) is 3.91. The summed E-state index contributed by atoms with van der Waals surface area (Å²) in [6.45, 7) is 4.06. The largest absolute Gasteiger partial charge is 0.457 e. The SMILES string of the molecule is CC(C)(NCc1nc2ccc(Oc3ccccc3)cc2n1C1CCC1)C(N)=O. The van der Waals surface area contributed by atoms with Gasteiger partial charge < -0.3 is 15.0 Å². The van der Waals surface area contributed by atoms with Crippen LogP contribution in [-0.4, -0.2) is 21.0 Å². The molecule has 6 nitrogen and oxygen atoms in total. The minimum Gasteiger partial charge on any atom is -0.457 e. The molecule has 1 aromatic heterocycles. The monoisotopic (exact) mass is 378 g/mol. The number of nitrogens with two attached hydrogens (primary N) is 1. The topological polar surface area (TPSA) is 82.2 Å². The summed E-state index contributed by atoms with van der Waals surface area (Å²) >= 11 is 0. The lowest BCUT2D eigenvalue weighted by molar-refractivity contribution is -0.123. The maximum absolute atomic E-state index is 11.6. The van der Waals surface area contributed by atoms with Crippen molar-refractivity contribution < 1.29 is 9.53 Å². The van der Waals surface area contributed by atoms with E-state index in [2.05, 4.69) is 16.0 Å². The van der Waals surface area contributed by atoms with E-state index in [1.54, 1.807) is 13.8 Å². The molecule has 4 rings (SSSR count). The van der Waals surface area contributed by atoms with Crippen LogP contribution in [0.3, 0.4) is 0 Å². The molecule has 0 saturated heterocycles. The van der Waals surface area contributed by atoms with E-state index < -0.39 is 5.54 Å². The Morgan fingerprint density at radius 2 is 1.96 bits per heavy atom. The van der Waals surface area contributed by atoms with E-state index in [1.165, 1.54) is 6.42 Å². The normalized spacial score (nSPS) is 14.8. The van der Waals surface area contributed by atoms with E-state index in [9.17, 15) is 4.79 Å². The number of hydrogen-bond acceptors (Lipinski definition) is 4. The second-order valence-corrected chi connectivity index (χ2v) is 7.89. The van der Waals surface area contributed by atoms with Crippen LogP contribution in [-0.2, 0) is 11.3 Å². The molecule has 3 N–H and O–H groups in total. The number of carbonyl (C=O) groups is 1. The van der Waals surface area contributed by atoms with Crippen molar-refractivity contribution in [3.8, 4) is 11.5 Å². The molecule has 1 aliphatic carbocycles. The molecule has 0 spiro atoms. The number of para-hydroxylation sites is 1. The van der Waals surface area contributed by atoms with E-state index in [0.717, 1.165) is 41.2 Å². The third-order valence-electron chi connectivity index (χ3n) is 5.46. The van der Waals surface area contributed by atoms with Crippen molar-refractivity contribution in [1.29, 1.82) is 0 Å². The van der Waals surface area contributed by atoms with Crippen LogP contribution in [0.5, 0.6) is 11.5 Å². The van der Waals surface area contributed by atoms with Gasteiger partial charge in [-0.25, -0.2) is 4.98 Å². The Morgan fingerprint density at radius 1 is 1.21 bits per heavy atom. The summed E-state index contributed by atoms with van der Waals surface area (Å²) < 4.78 is 8.30. The summed E-state index contributed by atoms with van der Waals surface area (Å²) in [6, 6.07) is 16.2. The highest BCUT2D eigenvalue weighted by Gasteiger charge is 2.28. The zero-order valence-electron chi connectivity index (χ0n) is 16.3. The molecular formula is C22H26N4O2. The van der Waals surface area contributed by atoms with Crippen LogP contribution >= 0.6 is 0 Å². The molecule has 1 aliphatic rings. The van der Waals surface area contributed by atoms with Crippen LogP contribution in [0.25, 0.3) is 11.0 Å². The quantitative estimate of drug-likeness (QED) is 0.653. The second kappa shape index (κ2) is 7.28. The number of ether oxygens (including phenoxy) is 1. The van der Waals surface area contributed by atoms with Gasteiger partial charge in [0.05, 0.1) is 23.1 Å². The molecule has 1 amide bonds. The van der Waals surface area contributed by atoms with E-state index in [0.29, 0.717) is 12.6 Å². The molecule has 0 radical (unpaired) electrons. The van der Waals surface area contributed by atoms with E-state index in [1.807, 2.05) is 42.5 Å². The van der Waals surface area contributed by atoms with Crippen molar-refractivity contribution >= 4 is 16.9 Å². The summed E-state index contributed by atoms with van der Waals surface area (Å²) in [4.78, 5) is 16.5. The molecule has 3 aromatic rings. The average Bonchev–Trinajstić information content (AvgIpc) is 2.97. The second-order valence-electron chi connectivity index (χ2n) is 7.89. The first-order valence-corrected chi connectivity index (χ1v) is 9.73. The summed E-state index contributed by atoms with van der Waals surface area (Å²) in [5.41, 5.74) is 6.70. The molecule has 0 atom stereocenters. The minimum absolute atomic E-state index is 0.377. The smallest absolute Gasteiger partial charge is 0.237 e. The number of benzene rings is 2. The Hall–Kier alpha value is -2.86. The van der Waals surface area contributed by atoms with Gasteiger partial charge in [-0.05, 0) is 57.4 Å². The number of amides is 1. The Labute approximate surface area is 164 Å². The van der Waals surface area contributed by atoms with E-state index in [4.69, 9.17) is 15.5 Å². The maximum atomic E-state index is 11.6. The molecule has 1 saturated carbocycles. The molecule has 0 aliphatic heterocycles. The van der Waals surface area contributed by atoms with Gasteiger partial charge >= 0.3 is 0 Å². The van der Waals surface area contributed by atoms with Crippen LogP contribution in [0.4, 0.5) is 0 Å². The van der Waals surface area contributed by atoms with E-state index >= 15 is 0 Å². The molecule has 0 bridgehead atoms. The zero-order valence-corrected chi connectivity index (χ0v) is 16.3. The van der Waals surface area contributed by atoms with Gasteiger partial charge in [-0.1, -0.05) is 18.2 Å². The fourth-order valence-electron chi connectivity index (χ4n) is 3.37. The summed E-state index contributed by atoms with van der Waals surface area (Å²) in [6.07, 6.45) is 3.51. The number of nitrogens with one attached hydrogen (secondary N) is 1. The van der Waals surface area contributed by atoms with Crippen LogP contribution in [0, 0.1) is 0 Å². The number of rotatable bonds is 7. The van der Waals surface area contributed by atoms with Crippen molar-refractivity contribution in [3.63, 3.8) is 0 Å². The van der Waals surface area contributed by atoms with E-state index in [-0.39, 0.29) is 5.91 Å². The average molecular weight is 378 g/mol. The lowest BCUT2D eigenvalue weighted by Crippen LogP contribution is -2.50. The standard InChI is InChI=1S/C22H26N4O2/c1-22(2,21(23)27)24-14-20-25-18-12-11-17(28-16-9-4-3-5-10-16)13-19(18)26(20)15-7-6-8-15/h3-5,9-13,15,24H,6-8,14H2,1-2H3,(H2,23,27). The van der Waals surface area contributed by atoms with Gasteiger partial charge in [0.1, 0.15) is 17.3 Å². The van der Waals surface area contributed by atoms with Crippen LogP contribution < -0.4 is 15.8 Å². The first-order valence-electron chi connectivity index (χ1n) is 9.73. The Bertz CT molecular complexity index is 990. The first kappa shape index (κ1) is 18.5. The van der Waals surface area contributed by atoms with Gasteiger partial charge in [-0.15, -0.1) is 0 Å². The van der Waals surface area contributed by atoms with Crippen molar-refractivity contribution in [2.75, 3.05) is 0 Å². The van der Waals surface area contributed by atoms with Gasteiger partial charge in [0, 0.05) is 12.1 Å². The van der Waals surface area contributed by atoms with Gasteiger partial charge in [-0.3, -0.25) is 10.1 Å². The van der Waals surface area contributed by atoms with Gasteiger partial charge in [0.15, 0.2) is 0 Å². The number of aromatic nitrogens is 2. The predicted molar refractivity (Wildman–Crippen MR) is 109 cm³/mol. The molecule has 1 fully saturated rings. The molecule has 146 valence electrons. The Kier molecular flexibility index (Phi) is 4.81. The molecule has 0 unspecified atom stereocenters. The number of carbonyl (C=O) groups excluding carboxylic acids is 1. The van der Waals surface area contributed by atoms with Gasteiger partial charge in [-0.2, -0.15) is 0 Å². The maximum Gasteiger partial charge on any atom is 0.237 e. The number of imidazole rings is 1. The lowest BCUT2D eigenvalue weighted by Gasteiger charge is -2.30. The van der Waals surface area contributed by atoms with Crippen molar-refractivity contribution in [1.82, 2.24) is 14.9 Å². The fourth-order valence-corrected chi connectivity index (χ4v) is 3.37. The Morgan fingerprint density at radius 3 is 2.61 bits per heavy atom. The first-order chi connectivity index (χ1) is 13.4. The number of fused-ring (bicyclic) bond motifs is 1. The highest BCUT2D eigenvalue weighted by Crippen LogP contribution is 2.37. The molecule has 2 aromatic carbocycles. The fraction of sp³-hybridized carbons (Fsp3) is 0.364. The number of nitrogens with zero attached hydrogens (tertiary/aromatic N) is 2. The third-order valence-corrected chi connectivity index (χ3v) is 5.46. The van der Waals surface area contributed by atoms with Gasteiger partial charge in [0.25, 0.3) is 0 Å². The highest BCUT2D eigenvalue weighted by atomic mass is 16.5. The van der Waals surface area contributed by atoms with Crippen molar-refractivity contribution in [2.24, 2.45) is 5.73 Å². The molecule has 1 heterocycles. The summed E-state index contributed by atoms with van der Waals surface area (Å²) in [5, 5.41) is 3.24. The number of hydrogen-bond donors (Lipinski definition) is 2. The van der Waals surface area contributed by atoms with Crippen LogP contribution in [0.2, 0.25) is 0 Å². The highest BCUT2D eigenvalue weighted by molar-refractivity contribution is 5.83. The third kappa shape index (κ3) is 3.60. The summed E-state index contributed by atoms with van der Waals surface area (Å²) in [7, 11) is 0. The molecular weight excluding hydrogens is 352 g/mol. The van der Waals surface area contributed by atoms with Crippen LogP contribution in [0.15, 0.2) is 48.5 Å². The van der Waals surface area contributed by atoms with Crippen molar-refractivity contribution in [3.05, 3.63) is 54.4 Å². The lowest BCUT2D eigenvalue weighted by atomic mass is 9.92. The van der Waals surface area contributed by atoms with Crippen LogP contribution in [0.1, 0.15) is 45.0 Å². The zero-order chi connectivity index (χ0) is 19.7.